The minimum Gasteiger partial charge on any atom is -0.337 e. The third-order valence-electron chi connectivity index (χ3n) is 2.84. The van der Waals surface area contributed by atoms with Crippen molar-refractivity contribution in [2.45, 2.75) is 24.9 Å². The lowest BCUT2D eigenvalue weighted by Gasteiger charge is -2.36. The largest absolute Gasteiger partial charge is 0.337 e. The monoisotopic (exact) mass is 154 g/mol. The number of piperazine rings is 1. The molecule has 0 N–H and O–H groups in total. The van der Waals surface area contributed by atoms with Crippen LogP contribution in [0.5, 0.6) is 0 Å². The fraction of sp³-hybridized carbons (Fsp3) is 0.875. The third-order valence-corrected chi connectivity index (χ3v) is 2.84. The molecule has 2 fully saturated rings. The van der Waals surface area contributed by atoms with Crippen molar-refractivity contribution >= 4 is 6.41 Å². The highest BCUT2D eigenvalue weighted by Gasteiger charge is 2.37. The molecule has 0 aliphatic carbocycles. The predicted octanol–water partition coefficient (Wildman–Crippen LogP) is -0.0788. The highest BCUT2D eigenvalue weighted by Crippen LogP contribution is 2.27. The number of hydrogen-bond donors (Lipinski definition) is 0. The maximum Gasteiger partial charge on any atom is 0.210 e. The van der Waals surface area contributed by atoms with Crippen molar-refractivity contribution in [1.82, 2.24) is 9.80 Å². The first kappa shape index (κ1) is 7.10. The first-order valence-electron chi connectivity index (χ1n) is 4.22. The maximum atomic E-state index is 10.6. The number of likely N-dealkylation sites (tertiary alicyclic amines) is 1. The molecule has 0 aromatic rings. The molecular formula is C8H14N2O. The Balaban J connectivity index is 2.12. The summed E-state index contributed by atoms with van der Waals surface area (Å²) < 4.78 is 0. The normalized spacial score (nSPS) is 37.7. The SMILES string of the molecule is CN1CC2CCC(C1)N2C=O. The fourth-order valence-corrected chi connectivity index (χ4v) is 2.32. The molecule has 0 radical (unpaired) electrons. The second kappa shape index (κ2) is 2.48. The molecule has 2 aliphatic heterocycles. The van der Waals surface area contributed by atoms with Crippen LogP contribution in [0.25, 0.3) is 0 Å². The Morgan fingerprint density at radius 3 is 2.27 bits per heavy atom. The Hall–Kier alpha value is -0.570. The zero-order valence-corrected chi connectivity index (χ0v) is 6.86. The number of carbonyl (C=O) groups excluding carboxylic acids is 1. The lowest BCUT2D eigenvalue weighted by molar-refractivity contribution is -0.123. The molecule has 0 aromatic heterocycles. The summed E-state index contributed by atoms with van der Waals surface area (Å²) in [5, 5.41) is 0. The Labute approximate surface area is 67.0 Å². The van der Waals surface area contributed by atoms with E-state index in [1.54, 1.807) is 0 Å². The molecule has 2 unspecified atom stereocenters. The maximum absolute atomic E-state index is 10.6. The van der Waals surface area contributed by atoms with Crippen molar-refractivity contribution in [2.24, 2.45) is 0 Å². The molecule has 0 saturated carbocycles. The van der Waals surface area contributed by atoms with Crippen molar-refractivity contribution < 1.29 is 4.79 Å². The number of carbonyl (C=O) groups is 1. The number of nitrogens with zero attached hydrogens (tertiary/aromatic N) is 2. The van der Waals surface area contributed by atoms with Crippen LogP contribution in [0.4, 0.5) is 0 Å². The lowest BCUT2D eigenvalue weighted by atomic mass is 10.2. The van der Waals surface area contributed by atoms with E-state index in [1.165, 1.54) is 12.8 Å². The average Bonchev–Trinajstić information content (AvgIpc) is 2.23. The quantitative estimate of drug-likeness (QED) is 0.493. The molecule has 2 atom stereocenters. The van der Waals surface area contributed by atoms with E-state index in [9.17, 15) is 4.79 Å². The molecule has 62 valence electrons. The van der Waals surface area contributed by atoms with Crippen LogP contribution < -0.4 is 0 Å². The van der Waals surface area contributed by atoms with Crippen LogP contribution in [0.3, 0.4) is 0 Å². The van der Waals surface area contributed by atoms with Crippen molar-refractivity contribution in [3.8, 4) is 0 Å². The smallest absolute Gasteiger partial charge is 0.210 e. The summed E-state index contributed by atoms with van der Waals surface area (Å²) in [7, 11) is 2.13. The van der Waals surface area contributed by atoms with Gasteiger partial charge in [0.2, 0.25) is 6.41 Å². The van der Waals surface area contributed by atoms with Crippen LogP contribution in [-0.4, -0.2) is 48.4 Å². The van der Waals surface area contributed by atoms with Gasteiger partial charge in [-0.15, -0.1) is 0 Å². The molecule has 2 heterocycles. The number of likely N-dealkylation sites (N-methyl/N-ethyl adjacent to an activating group) is 1. The Morgan fingerprint density at radius 1 is 1.27 bits per heavy atom. The standard InChI is InChI=1S/C8H14N2O/c1-9-4-7-2-3-8(5-9)10(7)6-11/h6-8H,2-5H2,1H3. The van der Waals surface area contributed by atoms with E-state index in [0.717, 1.165) is 19.5 Å². The van der Waals surface area contributed by atoms with E-state index in [0.29, 0.717) is 12.1 Å². The topological polar surface area (TPSA) is 23.6 Å². The van der Waals surface area contributed by atoms with Crippen LogP contribution in [0, 0.1) is 0 Å². The summed E-state index contributed by atoms with van der Waals surface area (Å²) in [6.07, 6.45) is 3.43. The minimum absolute atomic E-state index is 0.510. The number of fused-ring (bicyclic) bond motifs is 2. The van der Waals surface area contributed by atoms with Crippen LogP contribution in [0.15, 0.2) is 0 Å². The van der Waals surface area contributed by atoms with Crippen molar-refractivity contribution in [2.75, 3.05) is 20.1 Å². The van der Waals surface area contributed by atoms with E-state index >= 15 is 0 Å². The Kier molecular flexibility index (Phi) is 1.60. The lowest BCUT2D eigenvalue weighted by Crippen LogP contribution is -2.51. The highest BCUT2D eigenvalue weighted by atomic mass is 16.1. The predicted molar refractivity (Wildman–Crippen MR) is 42.2 cm³/mol. The second-order valence-corrected chi connectivity index (χ2v) is 3.66. The van der Waals surface area contributed by atoms with Gasteiger partial charge in [0.15, 0.2) is 0 Å². The van der Waals surface area contributed by atoms with Gasteiger partial charge in [0, 0.05) is 25.2 Å². The third kappa shape index (κ3) is 1.03. The first-order chi connectivity index (χ1) is 5.31. The second-order valence-electron chi connectivity index (χ2n) is 3.66. The van der Waals surface area contributed by atoms with E-state index in [2.05, 4.69) is 11.9 Å². The van der Waals surface area contributed by atoms with Gasteiger partial charge >= 0.3 is 0 Å². The van der Waals surface area contributed by atoms with Gasteiger partial charge in [0.25, 0.3) is 0 Å². The van der Waals surface area contributed by atoms with Gasteiger partial charge in [0.1, 0.15) is 0 Å². The van der Waals surface area contributed by atoms with Crippen LogP contribution in [0.2, 0.25) is 0 Å². The molecule has 2 saturated heterocycles. The van der Waals surface area contributed by atoms with Crippen LogP contribution in [-0.2, 0) is 4.79 Å². The Bertz CT molecular complexity index is 157. The van der Waals surface area contributed by atoms with Crippen molar-refractivity contribution in [3.63, 3.8) is 0 Å². The van der Waals surface area contributed by atoms with Crippen LogP contribution >= 0.6 is 0 Å². The zero-order valence-electron chi connectivity index (χ0n) is 6.86. The number of hydrogen-bond acceptors (Lipinski definition) is 2. The molecule has 1 amide bonds. The van der Waals surface area contributed by atoms with Gasteiger partial charge < -0.3 is 9.80 Å². The molecule has 0 spiro atoms. The Morgan fingerprint density at radius 2 is 1.82 bits per heavy atom. The average molecular weight is 154 g/mol. The molecular weight excluding hydrogens is 140 g/mol. The first-order valence-corrected chi connectivity index (χ1v) is 4.22. The molecule has 3 nitrogen and oxygen atoms in total. The minimum atomic E-state index is 0.510. The number of amides is 1. The summed E-state index contributed by atoms with van der Waals surface area (Å²) in [5.41, 5.74) is 0. The zero-order chi connectivity index (χ0) is 7.84. The summed E-state index contributed by atoms with van der Waals surface area (Å²) in [5.74, 6) is 0. The van der Waals surface area contributed by atoms with Gasteiger partial charge in [-0.1, -0.05) is 0 Å². The van der Waals surface area contributed by atoms with E-state index in [4.69, 9.17) is 0 Å². The van der Waals surface area contributed by atoms with Gasteiger partial charge in [-0.05, 0) is 19.9 Å². The molecule has 3 heteroatoms. The van der Waals surface area contributed by atoms with Gasteiger partial charge in [-0.3, -0.25) is 4.79 Å². The summed E-state index contributed by atoms with van der Waals surface area (Å²) in [6, 6.07) is 1.02. The number of rotatable bonds is 1. The van der Waals surface area contributed by atoms with Gasteiger partial charge in [0.05, 0.1) is 0 Å². The summed E-state index contributed by atoms with van der Waals surface area (Å²) >= 11 is 0. The van der Waals surface area contributed by atoms with E-state index < -0.39 is 0 Å². The summed E-state index contributed by atoms with van der Waals surface area (Å²) in [6.45, 7) is 2.13. The highest BCUT2D eigenvalue weighted by molar-refractivity contribution is 5.49. The molecule has 0 aromatic carbocycles. The molecule has 2 aliphatic rings. The van der Waals surface area contributed by atoms with Gasteiger partial charge in [-0.25, -0.2) is 0 Å². The van der Waals surface area contributed by atoms with Gasteiger partial charge in [-0.2, -0.15) is 0 Å². The molecule has 11 heavy (non-hydrogen) atoms. The molecule has 2 rings (SSSR count). The summed E-state index contributed by atoms with van der Waals surface area (Å²) in [4.78, 5) is 15.0. The fourth-order valence-electron chi connectivity index (χ4n) is 2.32. The van der Waals surface area contributed by atoms with Crippen molar-refractivity contribution in [1.29, 1.82) is 0 Å². The van der Waals surface area contributed by atoms with Crippen LogP contribution in [0.1, 0.15) is 12.8 Å². The molecule has 2 bridgehead atoms. The van der Waals surface area contributed by atoms with E-state index in [-0.39, 0.29) is 0 Å². The van der Waals surface area contributed by atoms with Crippen molar-refractivity contribution in [3.05, 3.63) is 0 Å². The van der Waals surface area contributed by atoms with E-state index in [1.807, 2.05) is 4.90 Å².